The summed E-state index contributed by atoms with van der Waals surface area (Å²) in [5.41, 5.74) is 6.15. The van der Waals surface area contributed by atoms with Crippen molar-refractivity contribution in [1.82, 2.24) is 20.2 Å². The minimum absolute atomic E-state index is 0.0941. The van der Waals surface area contributed by atoms with E-state index in [0.29, 0.717) is 5.82 Å². The van der Waals surface area contributed by atoms with Crippen molar-refractivity contribution in [3.05, 3.63) is 83.9 Å². The number of ether oxygens (including phenoxy) is 1. The van der Waals surface area contributed by atoms with Crippen LogP contribution < -0.4 is 9.80 Å². The summed E-state index contributed by atoms with van der Waals surface area (Å²) >= 11 is 0. The third-order valence-electron chi connectivity index (χ3n) is 6.98. The number of para-hydroxylation sites is 2. The van der Waals surface area contributed by atoms with Gasteiger partial charge in [-0.1, -0.05) is 36.4 Å². The minimum Gasteiger partial charge on any atom is -0.378 e. The van der Waals surface area contributed by atoms with Gasteiger partial charge >= 0.3 is 0 Å². The highest BCUT2D eigenvalue weighted by molar-refractivity contribution is 6.04. The summed E-state index contributed by atoms with van der Waals surface area (Å²) in [5, 5.41) is 13.1. The summed E-state index contributed by atoms with van der Waals surface area (Å²) in [6.07, 6.45) is 1.77. The van der Waals surface area contributed by atoms with Crippen molar-refractivity contribution < 1.29 is 9.53 Å². The zero-order chi connectivity index (χ0) is 24.5. The van der Waals surface area contributed by atoms with Crippen molar-refractivity contribution in [3.63, 3.8) is 0 Å². The zero-order valence-corrected chi connectivity index (χ0v) is 20.2. The number of anilines is 3. The molecule has 6 rings (SSSR count). The number of tetrazole rings is 1. The largest absolute Gasteiger partial charge is 0.378 e. The molecular weight excluding hydrogens is 452 g/mol. The summed E-state index contributed by atoms with van der Waals surface area (Å²) in [7, 11) is 0. The standard InChI is InChI=1S/C28H28N6O2/c1-20(28(35)33-25-8-4-2-6-21(25)10-11-22-7-3-5-9-26(22)33)34-30-27(29-31-34)23-12-14-24(15-13-23)32-16-18-36-19-17-32/h2-9,12-15,20H,10-11,16-19H2,1H3/t20-/m0/s1. The van der Waals surface area contributed by atoms with E-state index in [-0.39, 0.29) is 5.91 Å². The molecule has 8 heteroatoms. The first-order chi connectivity index (χ1) is 17.7. The number of nitrogens with zero attached hydrogens (tertiary/aromatic N) is 6. The van der Waals surface area contributed by atoms with Gasteiger partial charge in [0.15, 0.2) is 0 Å². The second-order valence-corrected chi connectivity index (χ2v) is 9.19. The smallest absolute Gasteiger partial charge is 0.258 e. The van der Waals surface area contributed by atoms with Crippen molar-refractivity contribution >= 4 is 23.0 Å². The molecule has 36 heavy (non-hydrogen) atoms. The summed E-state index contributed by atoms with van der Waals surface area (Å²) in [4.78, 5) is 19.5. The van der Waals surface area contributed by atoms with Gasteiger partial charge < -0.3 is 9.64 Å². The predicted molar refractivity (Wildman–Crippen MR) is 138 cm³/mol. The van der Waals surface area contributed by atoms with E-state index in [1.165, 1.54) is 4.80 Å². The first-order valence-electron chi connectivity index (χ1n) is 12.4. The Hall–Kier alpha value is -4.04. The Kier molecular flexibility index (Phi) is 5.95. The fourth-order valence-corrected chi connectivity index (χ4v) is 4.95. The molecule has 1 amide bonds. The number of amides is 1. The number of carbonyl (C=O) groups excluding carboxylic acids is 1. The molecule has 4 aromatic rings. The van der Waals surface area contributed by atoms with Crippen molar-refractivity contribution in [1.29, 1.82) is 0 Å². The van der Waals surface area contributed by atoms with Gasteiger partial charge in [0.2, 0.25) is 5.82 Å². The van der Waals surface area contributed by atoms with Crippen LogP contribution in [0.25, 0.3) is 11.4 Å². The van der Waals surface area contributed by atoms with E-state index in [1.54, 1.807) is 0 Å². The van der Waals surface area contributed by atoms with Gasteiger partial charge in [0.05, 0.1) is 24.6 Å². The van der Waals surface area contributed by atoms with Crippen LogP contribution in [0, 0.1) is 0 Å². The average Bonchev–Trinajstić information content (AvgIpc) is 3.37. The van der Waals surface area contributed by atoms with E-state index in [9.17, 15) is 4.79 Å². The summed E-state index contributed by atoms with van der Waals surface area (Å²) in [5.74, 6) is 0.406. The molecule has 2 aliphatic heterocycles. The van der Waals surface area contributed by atoms with Gasteiger partial charge in [0.25, 0.3) is 5.91 Å². The molecular formula is C28H28N6O2. The van der Waals surface area contributed by atoms with Gasteiger partial charge in [-0.3, -0.25) is 9.69 Å². The van der Waals surface area contributed by atoms with Gasteiger partial charge in [-0.15, -0.1) is 10.2 Å². The third-order valence-corrected chi connectivity index (χ3v) is 6.98. The number of hydrogen-bond donors (Lipinski definition) is 0. The number of aryl methyl sites for hydroxylation is 2. The summed E-state index contributed by atoms with van der Waals surface area (Å²) < 4.78 is 5.44. The highest BCUT2D eigenvalue weighted by Gasteiger charge is 2.31. The lowest BCUT2D eigenvalue weighted by Crippen LogP contribution is -2.36. The SMILES string of the molecule is C[C@@H](C(=O)N1c2ccccc2CCc2ccccc21)n1nnc(-c2ccc(N3CCOCC3)cc2)n1. The average molecular weight is 481 g/mol. The number of benzene rings is 3. The Morgan fingerprint density at radius 1 is 0.861 bits per heavy atom. The molecule has 0 saturated carbocycles. The number of carbonyl (C=O) groups is 1. The topological polar surface area (TPSA) is 76.4 Å². The fraction of sp³-hybridized carbons (Fsp3) is 0.286. The molecule has 1 fully saturated rings. The quantitative estimate of drug-likeness (QED) is 0.436. The van der Waals surface area contributed by atoms with Crippen molar-refractivity contribution in [2.45, 2.75) is 25.8 Å². The third kappa shape index (κ3) is 4.13. The van der Waals surface area contributed by atoms with Crippen molar-refractivity contribution in [2.24, 2.45) is 0 Å². The molecule has 1 saturated heterocycles. The molecule has 1 atom stereocenters. The van der Waals surface area contributed by atoms with Crippen molar-refractivity contribution in [2.75, 3.05) is 36.1 Å². The van der Waals surface area contributed by atoms with E-state index in [4.69, 9.17) is 4.74 Å². The lowest BCUT2D eigenvalue weighted by Gasteiger charge is -2.28. The molecule has 0 bridgehead atoms. The number of rotatable bonds is 4. The maximum Gasteiger partial charge on any atom is 0.258 e. The maximum atomic E-state index is 13.9. The van der Waals surface area contributed by atoms with Gasteiger partial charge in [-0.2, -0.15) is 4.80 Å². The number of hydrogen-bond acceptors (Lipinski definition) is 6. The molecule has 8 nitrogen and oxygen atoms in total. The summed E-state index contributed by atoms with van der Waals surface area (Å²) in [6.45, 7) is 5.09. The molecule has 182 valence electrons. The second-order valence-electron chi connectivity index (χ2n) is 9.19. The Labute approximate surface area is 210 Å². The lowest BCUT2D eigenvalue weighted by molar-refractivity contribution is -0.121. The highest BCUT2D eigenvalue weighted by Crippen LogP contribution is 2.37. The van der Waals surface area contributed by atoms with Gasteiger partial charge in [-0.05, 0) is 72.5 Å². The van der Waals surface area contributed by atoms with Crippen LogP contribution in [0.1, 0.15) is 24.1 Å². The molecule has 1 aromatic heterocycles. The fourth-order valence-electron chi connectivity index (χ4n) is 4.95. The van der Waals surface area contributed by atoms with Crippen LogP contribution in [0.5, 0.6) is 0 Å². The Bertz CT molecular complexity index is 1330. The van der Waals surface area contributed by atoms with Gasteiger partial charge in [-0.25, -0.2) is 0 Å². The first-order valence-corrected chi connectivity index (χ1v) is 12.4. The van der Waals surface area contributed by atoms with Crippen LogP contribution in [-0.4, -0.2) is 52.4 Å². The van der Waals surface area contributed by atoms with Crippen LogP contribution in [0.15, 0.2) is 72.8 Å². The Balaban J connectivity index is 1.27. The van der Waals surface area contributed by atoms with E-state index in [1.807, 2.05) is 60.4 Å². The Morgan fingerprint density at radius 2 is 1.47 bits per heavy atom. The summed E-state index contributed by atoms with van der Waals surface area (Å²) in [6, 6.07) is 23.7. The van der Waals surface area contributed by atoms with Gasteiger partial charge in [0, 0.05) is 24.3 Å². The minimum atomic E-state index is -0.627. The van der Waals surface area contributed by atoms with E-state index in [0.717, 1.165) is 72.9 Å². The van der Waals surface area contributed by atoms with Crippen molar-refractivity contribution in [3.8, 4) is 11.4 Å². The maximum absolute atomic E-state index is 13.9. The molecule has 0 spiro atoms. The highest BCUT2D eigenvalue weighted by atomic mass is 16.5. The Morgan fingerprint density at radius 3 is 2.11 bits per heavy atom. The van der Waals surface area contributed by atoms with Crippen LogP contribution in [0.4, 0.5) is 17.1 Å². The van der Waals surface area contributed by atoms with Crippen LogP contribution in [-0.2, 0) is 22.4 Å². The molecule has 0 unspecified atom stereocenters. The molecule has 0 radical (unpaired) electrons. The number of fused-ring (bicyclic) bond motifs is 2. The van der Waals surface area contributed by atoms with E-state index in [2.05, 4.69) is 44.6 Å². The second kappa shape index (κ2) is 9.54. The number of aromatic nitrogens is 4. The predicted octanol–water partition coefficient (Wildman–Crippen LogP) is 4.20. The molecule has 3 heterocycles. The van der Waals surface area contributed by atoms with Gasteiger partial charge in [0.1, 0.15) is 6.04 Å². The normalized spacial score (nSPS) is 16.1. The lowest BCUT2D eigenvalue weighted by atomic mass is 10.0. The molecule has 3 aromatic carbocycles. The van der Waals surface area contributed by atoms with Crippen LogP contribution >= 0.6 is 0 Å². The van der Waals surface area contributed by atoms with E-state index < -0.39 is 6.04 Å². The van der Waals surface area contributed by atoms with Crippen LogP contribution in [0.2, 0.25) is 0 Å². The monoisotopic (exact) mass is 480 g/mol. The first kappa shape index (κ1) is 22.4. The van der Waals surface area contributed by atoms with E-state index >= 15 is 0 Å². The number of morpholine rings is 1. The molecule has 0 N–H and O–H groups in total. The van der Waals surface area contributed by atoms with Crippen LogP contribution in [0.3, 0.4) is 0 Å². The zero-order valence-electron chi connectivity index (χ0n) is 20.2. The molecule has 0 aliphatic carbocycles. The molecule has 2 aliphatic rings.